The van der Waals surface area contributed by atoms with Crippen molar-refractivity contribution in [3.8, 4) is 0 Å². The van der Waals surface area contributed by atoms with Gasteiger partial charge in [-0.05, 0) is 65.6 Å². The van der Waals surface area contributed by atoms with Crippen molar-refractivity contribution in [2.75, 3.05) is 16.8 Å². The third-order valence-electron chi connectivity index (χ3n) is 4.67. The van der Waals surface area contributed by atoms with Crippen LogP contribution >= 0.6 is 11.6 Å². The molecule has 0 unspecified atom stereocenters. The van der Waals surface area contributed by atoms with E-state index in [0.717, 1.165) is 41.5 Å². The summed E-state index contributed by atoms with van der Waals surface area (Å²) in [5, 5.41) is 4.10. The molecule has 5 heteroatoms. The van der Waals surface area contributed by atoms with Crippen LogP contribution in [0.1, 0.15) is 16.7 Å². The molecule has 0 fully saturated rings. The van der Waals surface area contributed by atoms with Gasteiger partial charge < -0.3 is 10.2 Å². The maximum Gasteiger partial charge on any atom is 0.123 e. The number of nitrogens with zero attached hydrogens (tertiary/aromatic N) is 2. The summed E-state index contributed by atoms with van der Waals surface area (Å²) in [6.07, 6.45) is 4.74. The van der Waals surface area contributed by atoms with E-state index in [0.29, 0.717) is 6.54 Å². The Hall–Kier alpha value is -2.59. The number of hydrogen-bond donors (Lipinski definition) is 1. The SMILES string of the molecule is Fc1ccc(NCc2cncc(N3CCc4cc(Cl)ccc4C3)c2)cc1. The van der Waals surface area contributed by atoms with Crippen LogP contribution in [0.5, 0.6) is 0 Å². The Morgan fingerprint density at radius 2 is 1.88 bits per heavy atom. The van der Waals surface area contributed by atoms with E-state index in [1.807, 2.05) is 18.5 Å². The van der Waals surface area contributed by atoms with Gasteiger partial charge in [-0.25, -0.2) is 4.39 Å². The standard InChI is InChI=1S/C21H19ClFN3/c22-18-2-1-17-14-26(8-7-16(17)10-18)21-9-15(11-24-13-21)12-25-20-5-3-19(23)4-6-20/h1-6,9-11,13,25H,7-8,12,14H2. The largest absolute Gasteiger partial charge is 0.381 e. The van der Waals surface area contributed by atoms with E-state index in [-0.39, 0.29) is 5.82 Å². The van der Waals surface area contributed by atoms with Crippen molar-refractivity contribution in [3.63, 3.8) is 0 Å². The summed E-state index contributed by atoms with van der Waals surface area (Å²) in [6.45, 7) is 2.46. The van der Waals surface area contributed by atoms with Crippen molar-refractivity contribution in [2.24, 2.45) is 0 Å². The maximum atomic E-state index is 13.0. The molecule has 2 aromatic carbocycles. The van der Waals surface area contributed by atoms with Crippen LogP contribution in [-0.2, 0) is 19.5 Å². The Labute approximate surface area is 157 Å². The molecule has 4 rings (SSSR count). The Morgan fingerprint density at radius 1 is 1.04 bits per heavy atom. The highest BCUT2D eigenvalue weighted by Crippen LogP contribution is 2.26. The molecular weight excluding hydrogens is 349 g/mol. The van der Waals surface area contributed by atoms with Crippen LogP contribution in [0.25, 0.3) is 0 Å². The van der Waals surface area contributed by atoms with E-state index < -0.39 is 0 Å². The summed E-state index contributed by atoms with van der Waals surface area (Å²) in [5.74, 6) is -0.231. The maximum absolute atomic E-state index is 13.0. The van der Waals surface area contributed by atoms with E-state index in [1.165, 1.54) is 23.3 Å². The van der Waals surface area contributed by atoms with Crippen molar-refractivity contribution in [1.82, 2.24) is 4.98 Å². The number of pyridine rings is 1. The normalized spacial score (nSPS) is 13.4. The molecule has 1 aliphatic heterocycles. The van der Waals surface area contributed by atoms with Gasteiger partial charge in [-0.15, -0.1) is 0 Å². The molecule has 3 aromatic rings. The lowest BCUT2D eigenvalue weighted by atomic mass is 9.99. The molecule has 0 aliphatic carbocycles. The highest BCUT2D eigenvalue weighted by atomic mass is 35.5. The second-order valence-electron chi connectivity index (χ2n) is 6.50. The van der Waals surface area contributed by atoms with Crippen LogP contribution in [-0.4, -0.2) is 11.5 Å². The van der Waals surface area contributed by atoms with Gasteiger partial charge in [0.2, 0.25) is 0 Å². The van der Waals surface area contributed by atoms with Crippen molar-refractivity contribution < 1.29 is 4.39 Å². The van der Waals surface area contributed by atoms with Crippen molar-refractivity contribution >= 4 is 23.0 Å². The Bertz CT molecular complexity index is 911. The second kappa shape index (κ2) is 7.34. The van der Waals surface area contributed by atoms with Gasteiger partial charge in [0.15, 0.2) is 0 Å². The van der Waals surface area contributed by atoms with Crippen molar-refractivity contribution in [1.29, 1.82) is 0 Å². The first-order valence-corrected chi connectivity index (χ1v) is 9.01. The monoisotopic (exact) mass is 367 g/mol. The fraction of sp³-hybridized carbons (Fsp3) is 0.190. The molecule has 1 aliphatic rings. The van der Waals surface area contributed by atoms with Crippen LogP contribution in [0.3, 0.4) is 0 Å². The third kappa shape index (κ3) is 3.81. The Morgan fingerprint density at radius 3 is 2.73 bits per heavy atom. The highest BCUT2D eigenvalue weighted by Gasteiger charge is 2.17. The summed E-state index contributed by atoms with van der Waals surface area (Å²) < 4.78 is 13.0. The molecular formula is C21H19ClFN3. The van der Waals surface area contributed by atoms with Crippen LogP contribution in [0.15, 0.2) is 60.9 Å². The van der Waals surface area contributed by atoms with Gasteiger partial charge in [-0.1, -0.05) is 17.7 Å². The number of rotatable bonds is 4. The van der Waals surface area contributed by atoms with E-state index in [9.17, 15) is 4.39 Å². The molecule has 0 radical (unpaired) electrons. The molecule has 2 heterocycles. The van der Waals surface area contributed by atoms with Gasteiger partial charge in [0.25, 0.3) is 0 Å². The van der Waals surface area contributed by atoms with Gasteiger partial charge in [-0.2, -0.15) is 0 Å². The van der Waals surface area contributed by atoms with Gasteiger partial charge in [-0.3, -0.25) is 4.98 Å². The lowest BCUT2D eigenvalue weighted by Gasteiger charge is -2.30. The predicted octanol–water partition coefficient (Wildman–Crippen LogP) is 5.05. The number of benzene rings is 2. The number of hydrogen-bond acceptors (Lipinski definition) is 3. The molecule has 0 saturated carbocycles. The minimum Gasteiger partial charge on any atom is -0.381 e. The molecule has 26 heavy (non-hydrogen) atoms. The topological polar surface area (TPSA) is 28.2 Å². The first-order valence-electron chi connectivity index (χ1n) is 8.63. The first kappa shape index (κ1) is 16.9. The molecule has 0 amide bonds. The fourth-order valence-corrected chi connectivity index (χ4v) is 3.45. The van der Waals surface area contributed by atoms with Crippen molar-refractivity contribution in [2.45, 2.75) is 19.5 Å². The summed E-state index contributed by atoms with van der Waals surface area (Å²) in [5.41, 5.74) is 5.74. The molecule has 1 N–H and O–H groups in total. The van der Waals surface area contributed by atoms with Crippen LogP contribution in [0.2, 0.25) is 5.02 Å². The Balaban J connectivity index is 1.46. The van der Waals surface area contributed by atoms with E-state index >= 15 is 0 Å². The summed E-state index contributed by atoms with van der Waals surface area (Å²) in [7, 11) is 0. The summed E-state index contributed by atoms with van der Waals surface area (Å²) in [6, 6.07) is 14.7. The molecule has 0 atom stereocenters. The first-order chi connectivity index (χ1) is 12.7. The molecule has 1 aromatic heterocycles. The quantitative estimate of drug-likeness (QED) is 0.699. The molecule has 0 saturated heterocycles. The van der Waals surface area contributed by atoms with Gasteiger partial charge in [0.05, 0.1) is 11.9 Å². The zero-order valence-electron chi connectivity index (χ0n) is 14.3. The van der Waals surface area contributed by atoms with Crippen LogP contribution in [0, 0.1) is 5.82 Å². The lowest BCUT2D eigenvalue weighted by Crippen LogP contribution is -2.30. The van der Waals surface area contributed by atoms with Gasteiger partial charge in [0.1, 0.15) is 5.82 Å². The second-order valence-corrected chi connectivity index (χ2v) is 6.93. The Kier molecular flexibility index (Phi) is 4.76. The molecule has 3 nitrogen and oxygen atoms in total. The van der Waals surface area contributed by atoms with E-state index in [1.54, 1.807) is 12.1 Å². The van der Waals surface area contributed by atoms with Crippen LogP contribution in [0.4, 0.5) is 15.8 Å². The number of halogens is 2. The zero-order chi connectivity index (χ0) is 17.9. The van der Waals surface area contributed by atoms with E-state index in [2.05, 4.69) is 33.4 Å². The smallest absolute Gasteiger partial charge is 0.123 e. The van der Waals surface area contributed by atoms with Gasteiger partial charge in [0, 0.05) is 36.5 Å². The average molecular weight is 368 g/mol. The summed E-state index contributed by atoms with van der Waals surface area (Å²) in [4.78, 5) is 6.73. The zero-order valence-corrected chi connectivity index (χ0v) is 15.0. The third-order valence-corrected chi connectivity index (χ3v) is 4.90. The number of anilines is 2. The molecule has 132 valence electrons. The van der Waals surface area contributed by atoms with Crippen LogP contribution < -0.4 is 10.2 Å². The number of nitrogens with one attached hydrogen (secondary N) is 1. The number of aromatic nitrogens is 1. The van der Waals surface area contributed by atoms with Gasteiger partial charge >= 0.3 is 0 Å². The molecule has 0 spiro atoms. The minimum absolute atomic E-state index is 0.231. The summed E-state index contributed by atoms with van der Waals surface area (Å²) >= 11 is 6.09. The average Bonchev–Trinajstić information content (AvgIpc) is 2.67. The molecule has 0 bridgehead atoms. The highest BCUT2D eigenvalue weighted by molar-refractivity contribution is 6.30. The van der Waals surface area contributed by atoms with Crippen molar-refractivity contribution in [3.05, 3.63) is 88.5 Å². The fourth-order valence-electron chi connectivity index (χ4n) is 3.26. The minimum atomic E-state index is -0.231. The number of fused-ring (bicyclic) bond motifs is 1. The lowest BCUT2D eigenvalue weighted by molar-refractivity contribution is 0.628. The van der Waals surface area contributed by atoms with E-state index in [4.69, 9.17) is 11.6 Å². The predicted molar refractivity (Wildman–Crippen MR) is 104 cm³/mol.